The van der Waals surface area contributed by atoms with E-state index in [0.717, 1.165) is 28.4 Å². The molecule has 2 aromatic heterocycles. The SMILES string of the molecule is Cc1cccc2c1C(=O)CC1(CCN(c3ncc(-c4nnn(C(C(=O)O)C(C)(C)C)n4)s3)CC1)O2. The second-order valence-electron chi connectivity index (χ2n) is 10.4. The highest BCUT2D eigenvalue weighted by molar-refractivity contribution is 7.18. The minimum Gasteiger partial charge on any atom is -0.486 e. The van der Waals surface area contributed by atoms with Gasteiger partial charge in [0, 0.05) is 25.9 Å². The van der Waals surface area contributed by atoms with E-state index in [4.69, 9.17) is 4.74 Å². The van der Waals surface area contributed by atoms with Crippen molar-refractivity contribution in [3.63, 3.8) is 0 Å². The molecule has 184 valence electrons. The van der Waals surface area contributed by atoms with Crippen LogP contribution in [0.25, 0.3) is 10.7 Å². The highest BCUT2D eigenvalue weighted by Crippen LogP contribution is 2.42. The van der Waals surface area contributed by atoms with Crippen LogP contribution in [0.4, 0.5) is 5.13 Å². The third-order valence-electron chi connectivity index (χ3n) is 6.70. The molecular weight excluding hydrogens is 468 g/mol. The van der Waals surface area contributed by atoms with Crippen LogP contribution in [0.3, 0.4) is 0 Å². The lowest BCUT2D eigenvalue weighted by molar-refractivity contribution is -0.145. The number of ether oxygens (including phenoxy) is 1. The smallest absolute Gasteiger partial charge is 0.331 e. The molecular formula is C24H28N6O4S. The maximum Gasteiger partial charge on any atom is 0.331 e. The van der Waals surface area contributed by atoms with Gasteiger partial charge in [0.1, 0.15) is 11.4 Å². The zero-order valence-corrected chi connectivity index (χ0v) is 21.0. The number of benzene rings is 1. The topological polar surface area (TPSA) is 123 Å². The van der Waals surface area contributed by atoms with E-state index in [9.17, 15) is 14.7 Å². The summed E-state index contributed by atoms with van der Waals surface area (Å²) in [6, 6.07) is 4.83. The first kappa shape index (κ1) is 23.4. The molecule has 0 amide bonds. The van der Waals surface area contributed by atoms with Gasteiger partial charge in [0.2, 0.25) is 5.82 Å². The van der Waals surface area contributed by atoms with Crippen molar-refractivity contribution in [2.24, 2.45) is 5.41 Å². The summed E-state index contributed by atoms with van der Waals surface area (Å²) in [7, 11) is 0. The van der Waals surface area contributed by atoms with Crippen molar-refractivity contribution in [1.82, 2.24) is 25.2 Å². The Morgan fingerprint density at radius 3 is 2.69 bits per heavy atom. The second-order valence-corrected chi connectivity index (χ2v) is 11.4. The van der Waals surface area contributed by atoms with Crippen LogP contribution in [0, 0.1) is 12.3 Å². The molecule has 1 unspecified atom stereocenters. The van der Waals surface area contributed by atoms with Gasteiger partial charge in [-0.3, -0.25) is 4.79 Å². The number of hydrogen-bond acceptors (Lipinski definition) is 9. The number of fused-ring (bicyclic) bond motifs is 1. The van der Waals surface area contributed by atoms with Gasteiger partial charge in [-0.15, -0.1) is 15.0 Å². The summed E-state index contributed by atoms with van der Waals surface area (Å²) in [5.41, 5.74) is 0.617. The zero-order chi connectivity index (χ0) is 25.0. The van der Waals surface area contributed by atoms with E-state index in [1.54, 1.807) is 6.20 Å². The lowest BCUT2D eigenvalue weighted by Crippen LogP contribution is -2.51. The van der Waals surface area contributed by atoms with Gasteiger partial charge in [-0.1, -0.05) is 44.2 Å². The fraction of sp³-hybridized carbons (Fsp3) is 0.500. The Hall–Kier alpha value is -3.34. The standard InChI is InChI=1S/C24H28N6O4S/c1-14-6-5-7-16-18(14)15(31)12-24(34-16)8-10-29(11-9-24)22-25-13-17(35-22)20-26-28-30(27-20)19(21(32)33)23(2,3)4/h5-7,13,19H,8-12H2,1-4H3,(H,32,33). The number of rotatable bonds is 4. The largest absolute Gasteiger partial charge is 0.486 e. The van der Waals surface area contributed by atoms with E-state index in [0.29, 0.717) is 36.6 Å². The van der Waals surface area contributed by atoms with Crippen molar-refractivity contribution in [1.29, 1.82) is 0 Å². The molecule has 1 atom stereocenters. The minimum atomic E-state index is -1.00. The Labute approximate surface area is 206 Å². The first-order valence-corrected chi connectivity index (χ1v) is 12.4. The molecule has 1 N–H and O–H groups in total. The number of nitrogens with zero attached hydrogens (tertiary/aromatic N) is 6. The zero-order valence-electron chi connectivity index (χ0n) is 20.2. The van der Waals surface area contributed by atoms with Gasteiger partial charge in [-0.05, 0) is 29.2 Å². The Morgan fingerprint density at radius 2 is 2.00 bits per heavy atom. The molecule has 2 aliphatic rings. The Morgan fingerprint density at radius 1 is 1.26 bits per heavy atom. The van der Waals surface area contributed by atoms with Gasteiger partial charge in [0.05, 0.1) is 23.1 Å². The molecule has 1 fully saturated rings. The van der Waals surface area contributed by atoms with E-state index in [1.165, 1.54) is 16.1 Å². The molecule has 0 bridgehead atoms. The third-order valence-corrected chi connectivity index (χ3v) is 7.75. The highest BCUT2D eigenvalue weighted by Gasteiger charge is 2.43. The van der Waals surface area contributed by atoms with E-state index in [1.807, 2.05) is 45.9 Å². The number of carbonyl (C=O) groups excluding carboxylic acids is 1. The number of hydrogen-bond donors (Lipinski definition) is 1. The van der Waals surface area contributed by atoms with Crippen LogP contribution >= 0.6 is 11.3 Å². The highest BCUT2D eigenvalue weighted by atomic mass is 32.1. The number of Topliss-reactive ketones (excluding diaryl/α,β-unsaturated/α-hetero) is 1. The molecule has 4 heterocycles. The van der Waals surface area contributed by atoms with Crippen LogP contribution in [0.2, 0.25) is 0 Å². The summed E-state index contributed by atoms with van der Waals surface area (Å²) >= 11 is 1.44. The molecule has 0 saturated carbocycles. The van der Waals surface area contributed by atoms with Gasteiger partial charge in [-0.25, -0.2) is 9.78 Å². The molecule has 11 heteroatoms. The monoisotopic (exact) mass is 496 g/mol. The van der Waals surface area contributed by atoms with Crippen LogP contribution < -0.4 is 9.64 Å². The maximum atomic E-state index is 12.9. The van der Waals surface area contributed by atoms with E-state index >= 15 is 0 Å². The van der Waals surface area contributed by atoms with Gasteiger partial charge in [0.15, 0.2) is 17.0 Å². The van der Waals surface area contributed by atoms with Crippen molar-refractivity contribution in [2.45, 2.75) is 58.6 Å². The summed E-state index contributed by atoms with van der Waals surface area (Å²) in [6.45, 7) is 8.85. The number of aliphatic carboxylic acids is 1. The number of tetrazole rings is 1. The van der Waals surface area contributed by atoms with Crippen molar-refractivity contribution < 1.29 is 19.4 Å². The van der Waals surface area contributed by atoms with E-state index in [2.05, 4.69) is 25.3 Å². The van der Waals surface area contributed by atoms with Crippen molar-refractivity contribution in [2.75, 3.05) is 18.0 Å². The first-order valence-electron chi connectivity index (χ1n) is 11.6. The number of carboxylic acid groups (broad SMARTS) is 1. The Bertz CT molecular complexity index is 1290. The van der Waals surface area contributed by atoms with Crippen molar-refractivity contribution >= 4 is 28.2 Å². The van der Waals surface area contributed by atoms with Crippen LogP contribution in [0.15, 0.2) is 24.4 Å². The predicted molar refractivity (Wildman–Crippen MR) is 130 cm³/mol. The fourth-order valence-corrected chi connectivity index (χ4v) is 5.77. The molecule has 35 heavy (non-hydrogen) atoms. The second kappa shape index (κ2) is 8.40. The normalized spacial score (nSPS) is 18.3. The van der Waals surface area contributed by atoms with Crippen molar-refractivity contribution in [3.05, 3.63) is 35.5 Å². The molecule has 10 nitrogen and oxygen atoms in total. The van der Waals surface area contributed by atoms with E-state index in [-0.39, 0.29) is 5.78 Å². The summed E-state index contributed by atoms with van der Waals surface area (Å²) in [6.07, 6.45) is 3.54. The van der Waals surface area contributed by atoms with Gasteiger partial charge in [0.25, 0.3) is 0 Å². The van der Waals surface area contributed by atoms with E-state index < -0.39 is 23.0 Å². The molecule has 2 aliphatic heterocycles. The number of thiazole rings is 1. The van der Waals surface area contributed by atoms with Gasteiger partial charge < -0.3 is 14.7 Å². The number of carboxylic acids is 1. The Balaban J connectivity index is 1.29. The Kier molecular flexibility index (Phi) is 5.62. The average Bonchev–Trinajstić information content (AvgIpc) is 3.43. The van der Waals surface area contributed by atoms with Crippen molar-refractivity contribution in [3.8, 4) is 16.5 Å². The van der Waals surface area contributed by atoms with Crippen LogP contribution in [-0.4, -0.2) is 60.7 Å². The summed E-state index contributed by atoms with van der Waals surface area (Å²) in [5.74, 6) is 0.189. The molecule has 3 aromatic rings. The number of carbonyl (C=O) groups is 2. The molecule has 0 radical (unpaired) electrons. The summed E-state index contributed by atoms with van der Waals surface area (Å²) < 4.78 is 6.40. The molecule has 1 spiro atoms. The predicted octanol–water partition coefficient (Wildman–Crippen LogP) is 3.78. The van der Waals surface area contributed by atoms with Crippen LogP contribution in [0.5, 0.6) is 5.75 Å². The third kappa shape index (κ3) is 4.29. The summed E-state index contributed by atoms with van der Waals surface area (Å²) in [5, 5.41) is 22.9. The number of ketones is 1. The van der Waals surface area contributed by atoms with Gasteiger partial charge in [-0.2, -0.15) is 0 Å². The fourth-order valence-electron chi connectivity index (χ4n) is 4.88. The van der Waals surface area contributed by atoms with Gasteiger partial charge >= 0.3 is 5.97 Å². The molecule has 0 aliphatic carbocycles. The molecule has 5 rings (SSSR count). The van der Waals surface area contributed by atoms with Crippen LogP contribution in [0.1, 0.15) is 62.0 Å². The minimum absolute atomic E-state index is 0.151. The summed E-state index contributed by atoms with van der Waals surface area (Å²) in [4.78, 5) is 33.3. The first-order chi connectivity index (χ1) is 16.6. The molecule has 1 saturated heterocycles. The quantitative estimate of drug-likeness (QED) is 0.575. The average molecular weight is 497 g/mol. The number of anilines is 1. The lowest BCUT2D eigenvalue weighted by atomic mass is 9.81. The maximum absolute atomic E-state index is 12.9. The number of aryl methyl sites for hydroxylation is 1. The lowest BCUT2D eigenvalue weighted by Gasteiger charge is -2.44. The van der Waals surface area contributed by atoms with Crippen LogP contribution in [-0.2, 0) is 4.79 Å². The number of aromatic nitrogens is 5. The number of piperidine rings is 1. The molecule has 1 aromatic carbocycles.